The first-order valence-corrected chi connectivity index (χ1v) is 18.5. The van der Waals surface area contributed by atoms with E-state index < -0.39 is 24.3 Å². The quantitative estimate of drug-likeness (QED) is 0.117. The largest absolute Gasteiger partial charge is 0.453 e. The van der Waals surface area contributed by atoms with Gasteiger partial charge in [-0.2, -0.15) is 0 Å². The Morgan fingerprint density at radius 1 is 0.815 bits per heavy atom. The van der Waals surface area contributed by atoms with E-state index in [0.717, 1.165) is 52.9 Å². The van der Waals surface area contributed by atoms with E-state index in [2.05, 4.69) is 54.8 Å². The van der Waals surface area contributed by atoms with Crippen molar-refractivity contribution in [2.24, 2.45) is 11.8 Å². The molecular weight excluding hydrogens is 688 g/mol. The van der Waals surface area contributed by atoms with Crippen molar-refractivity contribution in [1.82, 2.24) is 40.4 Å². The van der Waals surface area contributed by atoms with E-state index in [4.69, 9.17) is 9.47 Å². The highest BCUT2D eigenvalue weighted by Gasteiger charge is 2.37. The minimum Gasteiger partial charge on any atom is -0.453 e. The van der Waals surface area contributed by atoms with Gasteiger partial charge in [-0.25, -0.2) is 19.6 Å². The fourth-order valence-electron chi connectivity index (χ4n) is 6.75. The van der Waals surface area contributed by atoms with Crippen LogP contribution in [-0.2, 0) is 25.6 Å². The lowest BCUT2D eigenvalue weighted by Gasteiger charge is -2.30. The molecule has 288 valence electrons. The van der Waals surface area contributed by atoms with Crippen molar-refractivity contribution in [2.75, 3.05) is 27.3 Å². The molecule has 1 aliphatic rings. The van der Waals surface area contributed by atoms with Crippen LogP contribution < -0.4 is 10.6 Å². The first-order chi connectivity index (χ1) is 25.9. The molecule has 4 amide bonds. The van der Waals surface area contributed by atoms with Gasteiger partial charge in [-0.1, -0.05) is 83.1 Å². The number of nitrogens with one attached hydrogen (secondary N) is 4. The number of hydrogen-bond acceptors (Lipinski definition) is 8. The zero-order valence-corrected chi connectivity index (χ0v) is 32.1. The summed E-state index contributed by atoms with van der Waals surface area (Å²) in [4.78, 5) is 70.3. The van der Waals surface area contributed by atoms with Gasteiger partial charge >= 0.3 is 12.2 Å². The number of imidazole rings is 2. The number of aromatic amines is 2. The molecule has 14 heteroatoms. The minimum absolute atomic E-state index is 0.101. The van der Waals surface area contributed by atoms with Crippen LogP contribution in [0.3, 0.4) is 0 Å². The molecule has 5 rings (SSSR count). The summed E-state index contributed by atoms with van der Waals surface area (Å²) in [7, 11) is 2.57. The van der Waals surface area contributed by atoms with E-state index in [0.29, 0.717) is 24.7 Å². The first kappa shape index (κ1) is 39.5. The molecule has 1 fully saturated rings. The van der Waals surface area contributed by atoms with Crippen LogP contribution in [0.5, 0.6) is 0 Å². The van der Waals surface area contributed by atoms with Gasteiger partial charge in [0.25, 0.3) is 0 Å². The molecule has 54 heavy (non-hydrogen) atoms. The van der Waals surface area contributed by atoms with Crippen molar-refractivity contribution in [3.8, 4) is 33.8 Å². The molecule has 1 aliphatic heterocycles. The van der Waals surface area contributed by atoms with Crippen molar-refractivity contribution >= 4 is 24.0 Å². The molecule has 0 saturated carbocycles. The highest BCUT2D eigenvalue weighted by molar-refractivity contribution is 5.87. The summed E-state index contributed by atoms with van der Waals surface area (Å²) in [5, 5.41) is 5.36. The molecule has 14 nitrogen and oxygen atoms in total. The zero-order chi connectivity index (χ0) is 38.9. The fraction of sp³-hybridized carbons (Fsp3) is 0.450. The molecule has 0 radical (unpaired) electrons. The van der Waals surface area contributed by atoms with Gasteiger partial charge < -0.3 is 39.9 Å². The monoisotopic (exact) mass is 740 g/mol. The highest BCUT2D eigenvalue weighted by atomic mass is 16.5. The number of carbonyl (C=O) groups excluding carboxylic acids is 4. The lowest BCUT2D eigenvalue weighted by atomic mass is 10.0. The van der Waals surface area contributed by atoms with Crippen LogP contribution in [0.4, 0.5) is 9.59 Å². The number of H-pyrrole nitrogens is 2. The third-order valence-corrected chi connectivity index (χ3v) is 9.74. The van der Waals surface area contributed by atoms with Crippen LogP contribution in [0, 0.1) is 11.8 Å². The lowest BCUT2D eigenvalue weighted by molar-refractivity contribution is -0.136. The Balaban J connectivity index is 1.23. The number of rotatable bonds is 14. The zero-order valence-electron chi connectivity index (χ0n) is 32.1. The predicted octanol–water partition coefficient (Wildman–Crippen LogP) is 6.30. The van der Waals surface area contributed by atoms with Gasteiger partial charge in [0.2, 0.25) is 11.8 Å². The van der Waals surface area contributed by atoms with Gasteiger partial charge in [-0.05, 0) is 47.8 Å². The maximum atomic E-state index is 13.5. The van der Waals surface area contributed by atoms with Crippen molar-refractivity contribution in [2.45, 2.75) is 78.6 Å². The van der Waals surface area contributed by atoms with Gasteiger partial charge in [0.05, 0.1) is 50.6 Å². The van der Waals surface area contributed by atoms with E-state index in [-0.39, 0.29) is 36.2 Å². The summed E-state index contributed by atoms with van der Waals surface area (Å²) in [6.07, 6.45) is 4.71. The van der Waals surface area contributed by atoms with Crippen LogP contribution >= 0.6 is 0 Å². The van der Waals surface area contributed by atoms with Crippen LogP contribution in [0.2, 0.25) is 0 Å². The summed E-state index contributed by atoms with van der Waals surface area (Å²) in [5.74, 6) is 0.830. The topological polar surface area (TPSA) is 175 Å². The number of likely N-dealkylation sites (tertiary alicyclic amines) is 1. The molecule has 0 aliphatic carbocycles. The molecule has 4 aromatic rings. The first-order valence-electron chi connectivity index (χ1n) is 18.5. The summed E-state index contributed by atoms with van der Waals surface area (Å²) < 4.78 is 9.48. The Kier molecular flexibility index (Phi) is 13.1. The van der Waals surface area contributed by atoms with E-state index in [1.807, 2.05) is 63.8 Å². The van der Waals surface area contributed by atoms with Crippen molar-refractivity contribution in [3.05, 3.63) is 72.4 Å². The molecule has 2 aromatic heterocycles. The Hall–Kier alpha value is -5.66. The second-order valence-corrected chi connectivity index (χ2v) is 14.3. The summed E-state index contributed by atoms with van der Waals surface area (Å²) in [5.41, 5.74) is 5.66. The molecular formula is C40H52N8O6. The third-order valence-electron chi connectivity index (χ3n) is 9.74. The van der Waals surface area contributed by atoms with E-state index >= 15 is 0 Å². The number of aromatic nitrogens is 4. The molecule has 1 unspecified atom stereocenters. The Labute approximate surface area is 316 Å². The number of carbonyl (C=O) groups is 4. The molecule has 3 atom stereocenters. The van der Waals surface area contributed by atoms with E-state index in [1.165, 1.54) is 14.2 Å². The molecule has 0 spiro atoms. The number of ether oxygens (including phenoxy) is 2. The SMILES string of the molecule is CCCN(Cc1ncc(-c2ccc(-c3ccc(-c4ncc(C5CCCN5C(=O)[C@@H](NC(=O)OC)C(C)C)[nH]4)cc3)cc2)[nH]1)C(=O)[C@@H](NC(=O)OC)C(C)C. The Morgan fingerprint density at radius 2 is 1.39 bits per heavy atom. The fourth-order valence-corrected chi connectivity index (χ4v) is 6.75. The normalized spacial score (nSPS) is 15.2. The van der Waals surface area contributed by atoms with Gasteiger partial charge in [0.15, 0.2) is 0 Å². The molecule has 3 heterocycles. The number of nitrogens with zero attached hydrogens (tertiary/aromatic N) is 4. The number of hydrogen-bond donors (Lipinski definition) is 4. The smallest absolute Gasteiger partial charge is 0.407 e. The van der Waals surface area contributed by atoms with Crippen LogP contribution in [0.15, 0.2) is 60.9 Å². The third kappa shape index (κ3) is 9.28. The number of amides is 4. The maximum Gasteiger partial charge on any atom is 0.407 e. The van der Waals surface area contributed by atoms with Crippen molar-refractivity contribution < 1.29 is 28.7 Å². The van der Waals surface area contributed by atoms with Crippen LogP contribution in [0.25, 0.3) is 33.8 Å². The summed E-state index contributed by atoms with van der Waals surface area (Å²) in [6, 6.07) is 14.8. The van der Waals surface area contributed by atoms with Gasteiger partial charge in [0.1, 0.15) is 23.7 Å². The Bertz CT molecular complexity index is 1880. The maximum absolute atomic E-state index is 13.5. The number of benzene rings is 2. The standard InChI is InChI=1S/C40H52N8O6/c1-8-19-47(37(49)34(24(2)3)45-39(51)53-6)23-33-41-21-30(43-33)28-15-11-26(12-16-28)27-13-17-29(18-14-27)36-42-22-31(44-36)32-10-9-20-48(32)38(50)35(25(4)5)46-40(52)54-7/h11-18,21-22,24-25,32,34-35H,8-10,19-20,23H2,1-7H3,(H,41,43)(H,42,44)(H,45,51)(H,46,52)/t32?,34-,35-/m0/s1. The second kappa shape index (κ2) is 17.9. The number of alkyl carbamates (subject to hydrolysis) is 2. The lowest BCUT2D eigenvalue weighted by Crippen LogP contribution is -2.51. The summed E-state index contributed by atoms with van der Waals surface area (Å²) in [6.45, 7) is 11.0. The highest BCUT2D eigenvalue weighted by Crippen LogP contribution is 2.34. The van der Waals surface area contributed by atoms with Crippen LogP contribution in [0.1, 0.15) is 71.4 Å². The number of methoxy groups -OCH3 is 2. The predicted molar refractivity (Wildman–Crippen MR) is 205 cm³/mol. The van der Waals surface area contributed by atoms with E-state index in [1.54, 1.807) is 17.3 Å². The van der Waals surface area contributed by atoms with E-state index in [9.17, 15) is 19.2 Å². The van der Waals surface area contributed by atoms with Crippen molar-refractivity contribution in [3.63, 3.8) is 0 Å². The average molecular weight is 741 g/mol. The van der Waals surface area contributed by atoms with Gasteiger partial charge in [-0.15, -0.1) is 0 Å². The van der Waals surface area contributed by atoms with Crippen LogP contribution in [-0.4, -0.2) is 93.1 Å². The second-order valence-electron chi connectivity index (χ2n) is 14.3. The molecule has 0 bridgehead atoms. The molecule has 4 N–H and O–H groups in total. The average Bonchev–Trinajstić information content (AvgIpc) is 3.97. The molecule has 2 aromatic carbocycles. The van der Waals surface area contributed by atoms with Gasteiger partial charge in [0, 0.05) is 18.7 Å². The Morgan fingerprint density at radius 3 is 1.96 bits per heavy atom. The summed E-state index contributed by atoms with van der Waals surface area (Å²) >= 11 is 0. The molecule has 1 saturated heterocycles. The van der Waals surface area contributed by atoms with Gasteiger partial charge in [-0.3, -0.25) is 9.59 Å². The minimum atomic E-state index is -0.710. The van der Waals surface area contributed by atoms with Crippen molar-refractivity contribution in [1.29, 1.82) is 0 Å².